The fraction of sp³-hybridized carbons (Fsp3) is 0.292. The lowest BCUT2D eigenvalue weighted by atomic mass is 10.1. The van der Waals surface area contributed by atoms with E-state index in [9.17, 15) is 9.59 Å². The fourth-order valence-corrected chi connectivity index (χ4v) is 5.71. The molecule has 0 bridgehead atoms. The second-order valence-electron chi connectivity index (χ2n) is 8.36. The first-order valence-electron chi connectivity index (χ1n) is 10.6. The van der Waals surface area contributed by atoms with Gasteiger partial charge < -0.3 is 4.90 Å². The third-order valence-electron chi connectivity index (χ3n) is 6.12. The van der Waals surface area contributed by atoms with Gasteiger partial charge in [0.1, 0.15) is 0 Å². The monoisotopic (exact) mass is 464 g/mol. The molecule has 2 fully saturated rings. The summed E-state index contributed by atoms with van der Waals surface area (Å²) < 4.78 is 0.450. The quantitative estimate of drug-likeness (QED) is 0.513. The molecular formula is C24H24N4O2S2. The van der Waals surface area contributed by atoms with E-state index < -0.39 is 0 Å². The van der Waals surface area contributed by atoms with E-state index in [-0.39, 0.29) is 11.8 Å². The van der Waals surface area contributed by atoms with Crippen LogP contribution in [0.2, 0.25) is 0 Å². The summed E-state index contributed by atoms with van der Waals surface area (Å²) in [5, 5.41) is 0. The molecule has 164 valence electrons. The summed E-state index contributed by atoms with van der Waals surface area (Å²) in [5.41, 5.74) is 3.90. The summed E-state index contributed by atoms with van der Waals surface area (Å²) in [6.07, 6.45) is 0. The average molecular weight is 465 g/mol. The second kappa shape index (κ2) is 8.44. The largest absolute Gasteiger partial charge is 0.304 e. The highest BCUT2D eigenvalue weighted by molar-refractivity contribution is 8.27. The number of likely N-dealkylation sites (N-methyl/N-ethyl adjacent to an activating group) is 1. The third-order valence-corrected chi connectivity index (χ3v) is 7.49. The Morgan fingerprint density at radius 3 is 2.47 bits per heavy atom. The Kier molecular flexibility index (Phi) is 5.63. The summed E-state index contributed by atoms with van der Waals surface area (Å²) in [6.45, 7) is 6.27. The molecule has 32 heavy (non-hydrogen) atoms. The maximum Gasteiger partial charge on any atom is 0.271 e. The highest BCUT2D eigenvalue weighted by atomic mass is 32.2. The van der Waals surface area contributed by atoms with Gasteiger partial charge in [0.05, 0.1) is 28.5 Å². The third kappa shape index (κ3) is 3.67. The van der Waals surface area contributed by atoms with Crippen LogP contribution in [0, 0.1) is 6.92 Å². The van der Waals surface area contributed by atoms with E-state index in [1.165, 1.54) is 16.7 Å². The summed E-state index contributed by atoms with van der Waals surface area (Å²) in [4.78, 5) is 35.4. The molecule has 0 unspecified atom stereocenters. The molecule has 2 aromatic carbocycles. The number of para-hydroxylation sites is 1. The van der Waals surface area contributed by atoms with Crippen molar-refractivity contribution in [1.82, 2.24) is 9.80 Å². The van der Waals surface area contributed by atoms with Gasteiger partial charge in [-0.2, -0.15) is 0 Å². The van der Waals surface area contributed by atoms with Crippen molar-refractivity contribution in [2.24, 2.45) is 0 Å². The van der Waals surface area contributed by atoms with Crippen molar-refractivity contribution in [2.45, 2.75) is 6.92 Å². The van der Waals surface area contributed by atoms with Crippen molar-refractivity contribution >= 4 is 57.1 Å². The zero-order chi connectivity index (χ0) is 22.4. The first-order chi connectivity index (χ1) is 15.4. The number of nitrogens with zero attached hydrogens (tertiary/aromatic N) is 4. The van der Waals surface area contributed by atoms with E-state index in [4.69, 9.17) is 12.2 Å². The SMILES string of the molecule is Cc1cccc(N2C(=O)/C(=C3/C(=O)N(CN4CCN(C)CC4)c4ccccc43)SC2=S)c1. The van der Waals surface area contributed by atoms with Crippen LogP contribution in [0.5, 0.6) is 0 Å². The number of thioether (sulfide) groups is 1. The molecule has 0 atom stereocenters. The maximum atomic E-state index is 13.6. The van der Waals surface area contributed by atoms with Gasteiger partial charge in [0.15, 0.2) is 4.32 Å². The number of benzene rings is 2. The summed E-state index contributed by atoms with van der Waals surface area (Å²) >= 11 is 6.78. The molecule has 0 saturated carbocycles. The standard InChI is InChI=1S/C24H24N4O2S2/c1-16-6-5-7-17(14-16)28-23(30)21(32-24(28)31)20-18-8-3-4-9-19(18)27(22(20)29)15-26-12-10-25(2)11-13-26/h3-9,14H,10-13,15H2,1-2H3/b21-20-. The van der Waals surface area contributed by atoms with Gasteiger partial charge in [-0.1, -0.05) is 54.3 Å². The van der Waals surface area contributed by atoms with Crippen LogP contribution in [0.4, 0.5) is 11.4 Å². The molecule has 3 aliphatic heterocycles. The molecule has 0 radical (unpaired) electrons. The van der Waals surface area contributed by atoms with E-state index in [0.717, 1.165) is 48.7 Å². The van der Waals surface area contributed by atoms with E-state index in [0.29, 0.717) is 21.5 Å². The van der Waals surface area contributed by atoms with Crippen molar-refractivity contribution in [3.05, 3.63) is 64.6 Å². The van der Waals surface area contributed by atoms with Crippen LogP contribution in [0.1, 0.15) is 11.1 Å². The molecule has 0 aliphatic carbocycles. The van der Waals surface area contributed by atoms with Crippen LogP contribution in [-0.4, -0.2) is 65.8 Å². The van der Waals surface area contributed by atoms with Gasteiger partial charge in [0, 0.05) is 31.7 Å². The summed E-state index contributed by atoms with van der Waals surface area (Å²) in [5.74, 6) is -0.361. The Hall–Kier alpha value is -2.52. The first-order valence-corrected chi connectivity index (χ1v) is 11.9. The second-order valence-corrected chi connectivity index (χ2v) is 10.0. The van der Waals surface area contributed by atoms with Crippen molar-refractivity contribution in [1.29, 1.82) is 0 Å². The van der Waals surface area contributed by atoms with Crippen LogP contribution in [0.3, 0.4) is 0 Å². The predicted molar refractivity (Wildman–Crippen MR) is 134 cm³/mol. The van der Waals surface area contributed by atoms with Crippen molar-refractivity contribution in [2.75, 3.05) is 49.7 Å². The fourth-order valence-electron chi connectivity index (χ4n) is 4.34. The van der Waals surface area contributed by atoms with Gasteiger partial charge in [-0.15, -0.1) is 0 Å². The Morgan fingerprint density at radius 1 is 0.969 bits per heavy atom. The van der Waals surface area contributed by atoms with Crippen LogP contribution < -0.4 is 9.80 Å². The van der Waals surface area contributed by atoms with Crippen molar-refractivity contribution in [3.8, 4) is 0 Å². The van der Waals surface area contributed by atoms with Gasteiger partial charge in [-0.05, 0) is 37.7 Å². The lowest BCUT2D eigenvalue weighted by molar-refractivity contribution is -0.115. The van der Waals surface area contributed by atoms with Gasteiger partial charge >= 0.3 is 0 Å². The van der Waals surface area contributed by atoms with Crippen LogP contribution in [-0.2, 0) is 9.59 Å². The average Bonchev–Trinajstić information content (AvgIpc) is 3.22. The molecule has 0 spiro atoms. The number of piperazine rings is 1. The number of hydrogen-bond donors (Lipinski definition) is 0. The van der Waals surface area contributed by atoms with Gasteiger partial charge in [0.25, 0.3) is 11.8 Å². The van der Waals surface area contributed by atoms with E-state index in [1.54, 1.807) is 4.90 Å². The molecule has 2 amide bonds. The molecule has 2 aromatic rings. The predicted octanol–water partition coefficient (Wildman–Crippen LogP) is 3.32. The number of anilines is 2. The highest BCUT2D eigenvalue weighted by Gasteiger charge is 2.42. The van der Waals surface area contributed by atoms with Crippen LogP contribution >= 0.6 is 24.0 Å². The van der Waals surface area contributed by atoms with Gasteiger partial charge in [-0.25, -0.2) is 0 Å². The topological polar surface area (TPSA) is 47.1 Å². The number of aryl methyl sites for hydroxylation is 1. The van der Waals surface area contributed by atoms with E-state index in [1.807, 2.05) is 55.5 Å². The van der Waals surface area contributed by atoms with Crippen molar-refractivity contribution < 1.29 is 9.59 Å². The molecule has 0 N–H and O–H groups in total. The molecule has 8 heteroatoms. The Labute approximate surface area is 197 Å². The molecule has 5 rings (SSSR count). The molecule has 0 aromatic heterocycles. The zero-order valence-corrected chi connectivity index (χ0v) is 19.7. The zero-order valence-electron chi connectivity index (χ0n) is 18.1. The number of hydrogen-bond acceptors (Lipinski definition) is 6. The molecule has 2 saturated heterocycles. The molecule has 6 nitrogen and oxygen atoms in total. The maximum absolute atomic E-state index is 13.6. The molecule has 3 aliphatic rings. The van der Waals surface area contributed by atoms with Crippen molar-refractivity contribution in [3.63, 3.8) is 0 Å². The number of carbonyl (C=O) groups excluding carboxylic acids is 2. The van der Waals surface area contributed by atoms with Crippen LogP contribution in [0.15, 0.2) is 53.4 Å². The Morgan fingerprint density at radius 2 is 1.72 bits per heavy atom. The highest BCUT2D eigenvalue weighted by Crippen LogP contribution is 2.45. The number of amides is 2. The number of carbonyl (C=O) groups is 2. The minimum atomic E-state index is -0.231. The minimum absolute atomic E-state index is 0.130. The lowest BCUT2D eigenvalue weighted by Gasteiger charge is -2.34. The number of fused-ring (bicyclic) bond motifs is 1. The van der Waals surface area contributed by atoms with Crippen LogP contribution in [0.25, 0.3) is 5.57 Å². The van der Waals surface area contributed by atoms with Gasteiger partial charge in [0.2, 0.25) is 0 Å². The summed E-state index contributed by atoms with van der Waals surface area (Å²) in [7, 11) is 2.11. The number of thiocarbonyl (C=S) groups is 1. The minimum Gasteiger partial charge on any atom is -0.304 e. The van der Waals surface area contributed by atoms with E-state index >= 15 is 0 Å². The lowest BCUT2D eigenvalue weighted by Crippen LogP contribution is -2.49. The number of rotatable bonds is 3. The normalized spacial score (nSPS) is 22.2. The first kappa shape index (κ1) is 21.3. The smallest absolute Gasteiger partial charge is 0.271 e. The Balaban J connectivity index is 1.51. The molecule has 3 heterocycles. The summed E-state index contributed by atoms with van der Waals surface area (Å²) in [6, 6.07) is 15.4. The van der Waals surface area contributed by atoms with E-state index in [2.05, 4.69) is 16.8 Å². The van der Waals surface area contributed by atoms with Gasteiger partial charge in [-0.3, -0.25) is 24.3 Å². The Bertz CT molecular complexity index is 1150. The molecular weight excluding hydrogens is 440 g/mol.